The second-order valence-electron chi connectivity index (χ2n) is 8.56. The molecule has 4 rings (SSSR count). The van der Waals surface area contributed by atoms with Crippen molar-refractivity contribution in [3.63, 3.8) is 0 Å². The second kappa shape index (κ2) is 9.56. The maximum atomic E-state index is 12.5. The summed E-state index contributed by atoms with van der Waals surface area (Å²) in [7, 11) is 2.02. The van der Waals surface area contributed by atoms with E-state index in [4.69, 9.17) is 14.6 Å². The molecular formula is C22H29F3N2O4. The molecule has 3 aliphatic heterocycles. The van der Waals surface area contributed by atoms with Gasteiger partial charge in [-0.05, 0) is 30.7 Å². The molecule has 3 heterocycles. The number of likely N-dealkylation sites (tertiary alicyclic amines) is 2. The number of carboxylic acids is 1. The van der Waals surface area contributed by atoms with Crippen LogP contribution < -0.4 is 0 Å². The SMILES string of the molecule is CN1C(=O)CC(c2ccccc2)C12CCN(CC1CCOC1)CC2.O=C(O)C(F)(F)F. The van der Waals surface area contributed by atoms with Crippen LogP contribution in [0.3, 0.4) is 0 Å². The number of carbonyl (C=O) groups is 2. The smallest absolute Gasteiger partial charge is 0.475 e. The number of ether oxygens (including phenoxy) is 1. The fraction of sp³-hybridized carbons (Fsp3) is 0.636. The normalized spacial score (nSPS) is 26.1. The standard InChI is InChI=1S/C20H28N2O2.C2HF3O2/c1-21-19(23)13-18(17-5-3-2-4-6-17)20(21)8-10-22(11-9-20)14-16-7-12-24-15-16;3-2(4,5)1(6)7/h2-6,16,18H,7-15H2,1H3;(H,6,7). The van der Waals surface area contributed by atoms with Crippen LogP contribution in [0.25, 0.3) is 0 Å². The van der Waals surface area contributed by atoms with Crippen molar-refractivity contribution in [2.24, 2.45) is 5.92 Å². The summed E-state index contributed by atoms with van der Waals surface area (Å²) < 4.78 is 37.3. The quantitative estimate of drug-likeness (QED) is 0.779. The second-order valence-corrected chi connectivity index (χ2v) is 8.56. The molecule has 3 aliphatic rings. The summed E-state index contributed by atoms with van der Waals surface area (Å²) >= 11 is 0. The molecule has 2 unspecified atom stereocenters. The maximum absolute atomic E-state index is 12.5. The largest absolute Gasteiger partial charge is 0.490 e. The summed E-state index contributed by atoms with van der Waals surface area (Å²) in [4.78, 5) is 26.0. The van der Waals surface area contributed by atoms with Gasteiger partial charge in [-0.2, -0.15) is 13.2 Å². The van der Waals surface area contributed by atoms with Gasteiger partial charge in [-0.1, -0.05) is 30.3 Å². The number of rotatable bonds is 3. The van der Waals surface area contributed by atoms with Crippen molar-refractivity contribution in [2.75, 3.05) is 39.9 Å². The summed E-state index contributed by atoms with van der Waals surface area (Å²) in [5, 5.41) is 7.12. The number of likely N-dealkylation sites (N-methyl/N-ethyl adjacent to an activating group) is 1. The number of hydrogen-bond acceptors (Lipinski definition) is 4. The minimum atomic E-state index is -5.08. The van der Waals surface area contributed by atoms with Gasteiger partial charge in [0.15, 0.2) is 0 Å². The molecular weight excluding hydrogens is 413 g/mol. The van der Waals surface area contributed by atoms with E-state index >= 15 is 0 Å². The Bertz CT molecular complexity index is 758. The third-order valence-electron chi connectivity index (χ3n) is 6.78. The highest BCUT2D eigenvalue weighted by atomic mass is 19.4. The predicted molar refractivity (Wildman–Crippen MR) is 108 cm³/mol. The molecule has 31 heavy (non-hydrogen) atoms. The lowest BCUT2D eigenvalue weighted by molar-refractivity contribution is -0.192. The van der Waals surface area contributed by atoms with Gasteiger partial charge in [0.1, 0.15) is 0 Å². The Morgan fingerprint density at radius 3 is 2.35 bits per heavy atom. The lowest BCUT2D eigenvalue weighted by Crippen LogP contribution is -2.54. The zero-order chi connectivity index (χ0) is 22.6. The molecule has 1 amide bonds. The first kappa shape index (κ1) is 23.5. The van der Waals surface area contributed by atoms with Crippen LogP contribution in [0.1, 0.15) is 37.2 Å². The fourth-order valence-corrected chi connectivity index (χ4v) is 5.00. The molecule has 2 atom stereocenters. The van der Waals surface area contributed by atoms with E-state index in [9.17, 15) is 18.0 Å². The average Bonchev–Trinajstić information content (AvgIpc) is 3.33. The van der Waals surface area contributed by atoms with Crippen molar-refractivity contribution in [3.8, 4) is 0 Å². The zero-order valence-corrected chi connectivity index (χ0v) is 17.6. The van der Waals surface area contributed by atoms with E-state index in [-0.39, 0.29) is 5.54 Å². The van der Waals surface area contributed by atoms with Gasteiger partial charge in [0.25, 0.3) is 0 Å². The summed E-state index contributed by atoms with van der Waals surface area (Å²) in [6, 6.07) is 10.6. The number of hydrogen-bond donors (Lipinski definition) is 1. The Morgan fingerprint density at radius 2 is 1.84 bits per heavy atom. The lowest BCUT2D eigenvalue weighted by Gasteiger charge is -2.47. The van der Waals surface area contributed by atoms with E-state index in [0.717, 1.165) is 45.7 Å². The van der Waals surface area contributed by atoms with Crippen LogP contribution in [0.15, 0.2) is 30.3 Å². The Morgan fingerprint density at radius 1 is 1.23 bits per heavy atom. The van der Waals surface area contributed by atoms with E-state index in [0.29, 0.717) is 24.2 Å². The highest BCUT2D eigenvalue weighted by molar-refractivity contribution is 5.81. The van der Waals surface area contributed by atoms with Crippen LogP contribution >= 0.6 is 0 Å². The number of benzene rings is 1. The molecule has 1 aromatic rings. The Kier molecular flexibility index (Phi) is 7.26. The first-order chi connectivity index (χ1) is 14.6. The highest BCUT2D eigenvalue weighted by Gasteiger charge is 2.52. The topological polar surface area (TPSA) is 70.1 Å². The molecule has 3 saturated heterocycles. The van der Waals surface area contributed by atoms with Crippen molar-refractivity contribution in [2.45, 2.75) is 43.3 Å². The molecule has 0 radical (unpaired) electrons. The van der Waals surface area contributed by atoms with Crippen LogP contribution in [0.4, 0.5) is 13.2 Å². The molecule has 3 fully saturated rings. The number of carbonyl (C=O) groups excluding carboxylic acids is 1. The van der Waals surface area contributed by atoms with Crippen molar-refractivity contribution >= 4 is 11.9 Å². The molecule has 172 valence electrons. The number of nitrogens with zero attached hydrogens (tertiary/aromatic N) is 2. The highest BCUT2D eigenvalue weighted by Crippen LogP contribution is 2.48. The molecule has 0 bridgehead atoms. The number of carboxylic acid groups (broad SMARTS) is 1. The van der Waals surface area contributed by atoms with E-state index in [2.05, 4.69) is 40.1 Å². The van der Waals surface area contributed by atoms with Gasteiger partial charge in [0.05, 0.1) is 12.1 Å². The molecule has 9 heteroatoms. The van der Waals surface area contributed by atoms with Crippen molar-refractivity contribution in [3.05, 3.63) is 35.9 Å². The first-order valence-electron chi connectivity index (χ1n) is 10.6. The van der Waals surface area contributed by atoms with Gasteiger partial charge in [0.2, 0.25) is 5.91 Å². The Hall–Kier alpha value is -2.13. The van der Waals surface area contributed by atoms with E-state index in [1.807, 2.05) is 7.05 Å². The average molecular weight is 442 g/mol. The zero-order valence-electron chi connectivity index (χ0n) is 17.6. The fourth-order valence-electron chi connectivity index (χ4n) is 5.00. The Labute approximate surface area is 180 Å². The van der Waals surface area contributed by atoms with Crippen LogP contribution in [0.2, 0.25) is 0 Å². The van der Waals surface area contributed by atoms with E-state index in [1.54, 1.807) is 0 Å². The summed E-state index contributed by atoms with van der Waals surface area (Å²) in [5.41, 5.74) is 1.34. The number of halogens is 3. The van der Waals surface area contributed by atoms with E-state index in [1.165, 1.54) is 12.0 Å². The molecule has 0 saturated carbocycles. The van der Waals surface area contributed by atoms with Crippen molar-refractivity contribution < 1.29 is 32.6 Å². The van der Waals surface area contributed by atoms with Crippen molar-refractivity contribution in [1.82, 2.24) is 9.80 Å². The molecule has 6 nitrogen and oxygen atoms in total. The van der Waals surface area contributed by atoms with Gasteiger partial charge in [-0.25, -0.2) is 4.79 Å². The third-order valence-corrected chi connectivity index (χ3v) is 6.78. The first-order valence-corrected chi connectivity index (χ1v) is 10.6. The van der Waals surface area contributed by atoms with Gasteiger partial charge in [-0.3, -0.25) is 4.79 Å². The predicted octanol–water partition coefficient (Wildman–Crippen LogP) is 3.14. The maximum Gasteiger partial charge on any atom is 0.490 e. The minimum Gasteiger partial charge on any atom is -0.475 e. The molecule has 0 aromatic heterocycles. The summed E-state index contributed by atoms with van der Waals surface area (Å²) in [6.45, 7) is 5.20. The molecule has 1 aromatic carbocycles. The number of piperidine rings is 1. The van der Waals surface area contributed by atoms with E-state index < -0.39 is 12.1 Å². The molecule has 0 aliphatic carbocycles. The van der Waals surface area contributed by atoms with Crippen LogP contribution in [-0.2, 0) is 14.3 Å². The van der Waals surface area contributed by atoms with Crippen LogP contribution in [0, 0.1) is 5.92 Å². The monoisotopic (exact) mass is 442 g/mol. The Balaban J connectivity index is 0.000000339. The summed E-state index contributed by atoms with van der Waals surface area (Å²) in [5.74, 6) is -1.41. The number of amides is 1. The third kappa shape index (κ3) is 5.38. The van der Waals surface area contributed by atoms with Crippen molar-refractivity contribution in [1.29, 1.82) is 0 Å². The van der Waals surface area contributed by atoms with Gasteiger partial charge < -0.3 is 19.6 Å². The molecule has 1 spiro atoms. The molecule has 1 N–H and O–H groups in total. The number of aliphatic carboxylic acids is 1. The van der Waals surface area contributed by atoms with Gasteiger partial charge in [0, 0.05) is 45.6 Å². The minimum absolute atomic E-state index is 0.0150. The van der Waals surface area contributed by atoms with Gasteiger partial charge >= 0.3 is 12.1 Å². The number of alkyl halides is 3. The summed E-state index contributed by atoms with van der Waals surface area (Å²) in [6.07, 6.45) is -1.05. The van der Waals surface area contributed by atoms with Crippen LogP contribution in [-0.4, -0.2) is 78.4 Å². The van der Waals surface area contributed by atoms with Gasteiger partial charge in [-0.15, -0.1) is 0 Å². The van der Waals surface area contributed by atoms with Crippen LogP contribution in [0.5, 0.6) is 0 Å². The lowest BCUT2D eigenvalue weighted by atomic mass is 9.73.